The van der Waals surface area contributed by atoms with Crippen molar-refractivity contribution in [1.82, 2.24) is 20.2 Å². The summed E-state index contributed by atoms with van der Waals surface area (Å²) in [6.07, 6.45) is 9.47. The van der Waals surface area contributed by atoms with Gasteiger partial charge in [-0.3, -0.25) is 19.7 Å². The van der Waals surface area contributed by atoms with Gasteiger partial charge in [-0.2, -0.15) is 9.49 Å². The molecule has 49 heavy (non-hydrogen) atoms. The number of aromatic nitrogens is 4. The Kier molecular flexibility index (Phi) is 7.78. The van der Waals surface area contributed by atoms with Crippen LogP contribution in [0.25, 0.3) is 60.8 Å². The summed E-state index contributed by atoms with van der Waals surface area (Å²) in [5.41, 5.74) is 7.32. The predicted octanol–water partition coefficient (Wildman–Crippen LogP) is 8.54. The second kappa shape index (κ2) is 12.7. The highest BCUT2D eigenvalue weighted by atomic mass is 32.1. The average molecular weight is 668 g/mol. The van der Waals surface area contributed by atoms with E-state index in [0.717, 1.165) is 71.7 Å². The molecule has 0 radical (unpaired) electrons. The molecule has 3 aromatic carbocycles. The number of carbonyl (C=O) groups excluding carboxylic acids is 2. The first-order chi connectivity index (χ1) is 24.0. The zero-order valence-electron chi connectivity index (χ0n) is 25.7. The minimum Gasteiger partial charge on any atom is -0.454 e. The molecule has 4 aromatic heterocycles. The summed E-state index contributed by atoms with van der Waals surface area (Å²) in [5.74, 6) is 0.610. The van der Waals surface area contributed by atoms with Crippen molar-refractivity contribution in [3.05, 3.63) is 120 Å². The second-order valence-electron chi connectivity index (χ2n) is 11.4. The lowest BCUT2D eigenvalue weighted by molar-refractivity contribution is -0.122. The van der Waals surface area contributed by atoms with Gasteiger partial charge in [-0.1, -0.05) is 42.5 Å². The summed E-state index contributed by atoms with van der Waals surface area (Å²) in [4.78, 5) is 33.8. The van der Waals surface area contributed by atoms with Crippen LogP contribution in [0, 0.1) is 5.13 Å². The number of benzene rings is 3. The van der Waals surface area contributed by atoms with Crippen molar-refractivity contribution in [2.45, 2.75) is 6.42 Å². The third-order valence-corrected chi connectivity index (χ3v) is 9.00. The van der Waals surface area contributed by atoms with Gasteiger partial charge in [-0.15, -0.1) is 11.3 Å². The molecule has 11 heteroatoms. The molecule has 8 rings (SSSR count). The van der Waals surface area contributed by atoms with E-state index >= 15 is 0 Å². The van der Waals surface area contributed by atoms with E-state index in [2.05, 4.69) is 25.5 Å². The Labute approximate surface area is 282 Å². The van der Waals surface area contributed by atoms with Crippen LogP contribution < -0.4 is 14.8 Å². The molecule has 7 aromatic rings. The van der Waals surface area contributed by atoms with Crippen molar-refractivity contribution < 1.29 is 23.5 Å². The third-order valence-electron chi connectivity index (χ3n) is 8.09. The van der Waals surface area contributed by atoms with E-state index in [1.165, 1.54) is 12.1 Å². The van der Waals surface area contributed by atoms with Gasteiger partial charge in [0, 0.05) is 38.5 Å². The summed E-state index contributed by atoms with van der Waals surface area (Å²) in [7, 11) is 0. The number of nitrogens with one attached hydrogen (secondary N) is 3. The number of ketones is 1. The van der Waals surface area contributed by atoms with Crippen LogP contribution in [0.3, 0.4) is 0 Å². The predicted molar refractivity (Wildman–Crippen MR) is 189 cm³/mol. The average Bonchev–Trinajstić information content (AvgIpc) is 3.92. The summed E-state index contributed by atoms with van der Waals surface area (Å²) < 4.78 is 24.5. The fraction of sp³-hybridized carbons (Fsp3) is 0.0526. The van der Waals surface area contributed by atoms with E-state index < -0.39 is 5.91 Å². The summed E-state index contributed by atoms with van der Waals surface area (Å²) in [6.45, 7) is 0.206. The lowest BCUT2D eigenvalue weighted by Gasteiger charge is -2.07. The Bertz CT molecular complexity index is 2460. The van der Waals surface area contributed by atoms with E-state index in [1.807, 2.05) is 72.8 Å². The minimum atomic E-state index is -0.440. The molecule has 1 aliphatic rings. The van der Waals surface area contributed by atoms with Gasteiger partial charge in [0.2, 0.25) is 12.7 Å². The normalized spacial score (nSPS) is 12.5. The molecule has 0 atom stereocenters. The summed E-state index contributed by atoms with van der Waals surface area (Å²) >= 11 is 1.11. The number of hydrogen-bond donors (Lipinski definition) is 3. The Morgan fingerprint density at radius 2 is 1.82 bits per heavy atom. The molecule has 0 saturated heterocycles. The fourth-order valence-electron chi connectivity index (χ4n) is 5.79. The number of fused-ring (bicyclic) bond motifs is 3. The molecule has 0 bridgehead atoms. The van der Waals surface area contributed by atoms with Crippen molar-refractivity contribution in [3.8, 4) is 44.5 Å². The zero-order valence-corrected chi connectivity index (χ0v) is 26.5. The number of pyridine rings is 1. The molecule has 1 aliphatic heterocycles. The molecule has 9 nitrogen and oxygen atoms in total. The lowest BCUT2D eigenvalue weighted by Crippen LogP contribution is -2.15. The number of thiophene rings is 1. The molecule has 0 saturated carbocycles. The Balaban J connectivity index is 0.962. The number of aromatic amines is 2. The van der Waals surface area contributed by atoms with Crippen LogP contribution >= 0.6 is 11.3 Å². The van der Waals surface area contributed by atoms with Gasteiger partial charge in [0.1, 0.15) is 5.69 Å². The molecule has 1 amide bonds. The second-order valence-corrected chi connectivity index (χ2v) is 12.4. The Hall–Kier alpha value is -6.33. The maximum Gasteiger partial charge on any atom is 0.232 e. The molecule has 5 heterocycles. The van der Waals surface area contributed by atoms with Crippen LogP contribution in [-0.2, 0) is 9.59 Å². The number of hydrogen-bond acceptors (Lipinski definition) is 7. The highest BCUT2D eigenvalue weighted by Crippen LogP contribution is 2.37. The van der Waals surface area contributed by atoms with Gasteiger partial charge in [-0.05, 0) is 71.8 Å². The maximum absolute atomic E-state index is 13.8. The molecular weight excluding hydrogens is 642 g/mol. The first-order valence-corrected chi connectivity index (χ1v) is 16.2. The van der Waals surface area contributed by atoms with Gasteiger partial charge >= 0.3 is 0 Å². The van der Waals surface area contributed by atoms with E-state index in [1.54, 1.807) is 30.6 Å². The van der Waals surface area contributed by atoms with Crippen LogP contribution in [0.2, 0.25) is 0 Å². The maximum atomic E-state index is 13.8. The quantitative estimate of drug-likeness (QED) is 0.0806. The van der Waals surface area contributed by atoms with Crippen molar-refractivity contribution in [3.63, 3.8) is 0 Å². The van der Waals surface area contributed by atoms with Crippen molar-refractivity contribution in [2.75, 3.05) is 12.1 Å². The first kappa shape index (κ1) is 30.0. The number of allylic oxidation sites excluding steroid dienone is 3. The monoisotopic (exact) mass is 667 g/mol. The van der Waals surface area contributed by atoms with Crippen molar-refractivity contribution in [1.29, 1.82) is 0 Å². The molecule has 0 spiro atoms. The topological polar surface area (TPSA) is 122 Å². The molecular formula is C38H26FN5O4S. The minimum absolute atomic E-state index is 0.206. The number of ether oxygens (including phenoxy) is 2. The van der Waals surface area contributed by atoms with Gasteiger partial charge in [0.25, 0.3) is 0 Å². The summed E-state index contributed by atoms with van der Waals surface area (Å²) in [5, 5.41) is 12.1. The summed E-state index contributed by atoms with van der Waals surface area (Å²) in [6, 6.07) is 24.5. The number of anilines is 1. The van der Waals surface area contributed by atoms with Crippen LogP contribution in [0.1, 0.15) is 12.0 Å². The number of carbonyl (C=O) groups is 2. The fourth-order valence-corrected chi connectivity index (χ4v) is 6.56. The molecule has 0 unspecified atom stereocenters. The van der Waals surface area contributed by atoms with Crippen LogP contribution in [0.5, 0.6) is 11.5 Å². The molecule has 3 N–H and O–H groups in total. The van der Waals surface area contributed by atoms with Gasteiger partial charge in [0.15, 0.2) is 22.4 Å². The number of H-pyrrole nitrogens is 2. The van der Waals surface area contributed by atoms with Gasteiger partial charge in [-0.25, -0.2) is 0 Å². The van der Waals surface area contributed by atoms with E-state index in [4.69, 9.17) is 9.47 Å². The number of halogens is 1. The molecule has 0 fully saturated rings. The van der Waals surface area contributed by atoms with Crippen LogP contribution in [0.4, 0.5) is 10.1 Å². The highest BCUT2D eigenvalue weighted by Gasteiger charge is 2.16. The molecule has 240 valence electrons. The van der Waals surface area contributed by atoms with Crippen LogP contribution in [0.15, 0.2) is 109 Å². The van der Waals surface area contributed by atoms with Crippen molar-refractivity contribution >= 4 is 56.6 Å². The van der Waals surface area contributed by atoms with Gasteiger partial charge < -0.3 is 19.8 Å². The number of rotatable bonds is 9. The van der Waals surface area contributed by atoms with E-state index in [0.29, 0.717) is 17.2 Å². The zero-order chi connectivity index (χ0) is 33.3. The van der Waals surface area contributed by atoms with Gasteiger partial charge in [0.05, 0.1) is 29.5 Å². The standard InChI is InChI=1S/C38H26FN5O4S/c39-36-13-12-35(49-36)27-6-3-7-30-28(27)18-32(42-30)38-29-16-23(9-10-31(29)43-44-38)24-15-25(20-40-19-24)41-37(46)17-26(45)5-2-1-4-22-8-11-33-34(14-22)48-21-47-33/h1-16,18-20,42H,17,21H2,(H,41,46)(H,43,44). The molecule has 0 aliphatic carbocycles. The largest absolute Gasteiger partial charge is 0.454 e. The lowest BCUT2D eigenvalue weighted by atomic mass is 10.0. The first-order valence-electron chi connectivity index (χ1n) is 15.4. The smallest absolute Gasteiger partial charge is 0.232 e. The van der Waals surface area contributed by atoms with Crippen molar-refractivity contribution in [2.24, 2.45) is 0 Å². The van der Waals surface area contributed by atoms with E-state index in [9.17, 15) is 14.0 Å². The SMILES string of the molecule is O=C(C=CC=Cc1ccc2c(c1)OCO2)CC(=O)Nc1cncc(-c2ccc3[nH]nc(-c4cc5c(-c6ccc(F)s6)cccc5[nH]4)c3c2)c1. The Morgan fingerprint density at radius 1 is 0.898 bits per heavy atom. The third kappa shape index (κ3) is 6.22. The highest BCUT2D eigenvalue weighted by molar-refractivity contribution is 7.14. The number of amides is 1. The van der Waals surface area contributed by atoms with E-state index in [-0.39, 0.29) is 24.1 Å². The van der Waals surface area contributed by atoms with Crippen LogP contribution in [-0.4, -0.2) is 38.6 Å². The Morgan fingerprint density at radius 3 is 2.71 bits per heavy atom. The number of nitrogens with zero attached hydrogens (tertiary/aromatic N) is 2.